The fraction of sp³-hybridized carbons (Fsp3) is 0.471. The number of pyridine rings is 1. The molecule has 106 valence electrons. The van der Waals surface area contributed by atoms with Crippen molar-refractivity contribution in [2.45, 2.75) is 39.7 Å². The quantitative estimate of drug-likeness (QED) is 0.802. The summed E-state index contributed by atoms with van der Waals surface area (Å²) < 4.78 is 0. The number of benzene rings is 1. The van der Waals surface area contributed by atoms with E-state index in [1.165, 1.54) is 23.9 Å². The summed E-state index contributed by atoms with van der Waals surface area (Å²) in [4.78, 5) is 6.93. The van der Waals surface area contributed by atoms with Gasteiger partial charge in [-0.05, 0) is 50.8 Å². The number of anilines is 2. The highest BCUT2D eigenvalue weighted by Crippen LogP contribution is 2.35. The van der Waals surface area contributed by atoms with E-state index in [9.17, 15) is 0 Å². The summed E-state index contributed by atoms with van der Waals surface area (Å²) in [5, 5.41) is 2.30. The van der Waals surface area contributed by atoms with Crippen molar-refractivity contribution in [1.82, 2.24) is 4.98 Å². The van der Waals surface area contributed by atoms with E-state index in [2.05, 4.69) is 35.9 Å². The van der Waals surface area contributed by atoms with Crippen LogP contribution >= 0.6 is 0 Å². The van der Waals surface area contributed by atoms with Crippen molar-refractivity contribution < 1.29 is 0 Å². The Balaban J connectivity index is 2.16. The number of nitrogen functional groups attached to an aromatic ring is 1. The van der Waals surface area contributed by atoms with E-state index in [0.717, 1.165) is 29.2 Å². The molecule has 3 heteroatoms. The summed E-state index contributed by atoms with van der Waals surface area (Å²) in [5.74, 6) is 0.735. The summed E-state index contributed by atoms with van der Waals surface area (Å²) in [7, 11) is 0. The number of aryl methyl sites for hydroxylation is 1. The maximum absolute atomic E-state index is 6.11. The molecule has 1 saturated heterocycles. The average Bonchev–Trinajstić information content (AvgIpc) is 2.43. The third kappa shape index (κ3) is 2.11. The molecule has 2 N–H and O–H groups in total. The first kappa shape index (κ1) is 13.2. The number of nitrogens with zero attached hydrogens (tertiary/aromatic N) is 2. The van der Waals surface area contributed by atoms with E-state index in [1.54, 1.807) is 0 Å². The van der Waals surface area contributed by atoms with Crippen molar-refractivity contribution in [3.05, 3.63) is 30.1 Å². The van der Waals surface area contributed by atoms with Gasteiger partial charge < -0.3 is 10.6 Å². The summed E-state index contributed by atoms with van der Waals surface area (Å²) in [6, 6.07) is 6.92. The summed E-state index contributed by atoms with van der Waals surface area (Å²) >= 11 is 0. The third-order valence-electron chi connectivity index (χ3n) is 4.73. The van der Waals surface area contributed by atoms with Gasteiger partial charge in [-0.2, -0.15) is 0 Å². The van der Waals surface area contributed by atoms with Crippen molar-refractivity contribution in [1.29, 1.82) is 0 Å². The molecule has 1 aliphatic heterocycles. The van der Waals surface area contributed by atoms with E-state index in [1.807, 2.05) is 19.2 Å². The van der Waals surface area contributed by atoms with Crippen LogP contribution < -0.4 is 10.6 Å². The van der Waals surface area contributed by atoms with Crippen molar-refractivity contribution in [3.63, 3.8) is 0 Å². The van der Waals surface area contributed by atoms with E-state index >= 15 is 0 Å². The minimum atomic E-state index is 0.573. The highest BCUT2D eigenvalue weighted by molar-refractivity contribution is 6.01. The van der Waals surface area contributed by atoms with E-state index in [0.29, 0.717) is 6.04 Å². The van der Waals surface area contributed by atoms with Crippen molar-refractivity contribution >= 4 is 22.1 Å². The van der Waals surface area contributed by atoms with Crippen LogP contribution in [0, 0.1) is 12.8 Å². The van der Waals surface area contributed by atoms with Gasteiger partial charge in [0.05, 0.1) is 0 Å². The van der Waals surface area contributed by atoms with Gasteiger partial charge in [0.2, 0.25) is 0 Å². The van der Waals surface area contributed by atoms with Crippen molar-refractivity contribution in [3.8, 4) is 0 Å². The predicted octanol–water partition coefficient (Wildman–Crippen LogP) is 3.75. The van der Waals surface area contributed by atoms with Crippen LogP contribution in [0.3, 0.4) is 0 Å². The zero-order valence-corrected chi connectivity index (χ0v) is 12.6. The molecule has 20 heavy (non-hydrogen) atoms. The third-order valence-corrected chi connectivity index (χ3v) is 4.73. The highest BCUT2D eigenvalue weighted by Gasteiger charge is 2.26. The van der Waals surface area contributed by atoms with Gasteiger partial charge in [-0.15, -0.1) is 0 Å². The SMILES string of the molecule is Cc1cc2c(N3CCCC(C)C3C)ccc(N)c2cn1. The van der Waals surface area contributed by atoms with E-state index in [-0.39, 0.29) is 0 Å². The Morgan fingerprint density at radius 3 is 2.85 bits per heavy atom. The van der Waals surface area contributed by atoms with Gasteiger partial charge in [-0.25, -0.2) is 0 Å². The average molecular weight is 269 g/mol. The molecular weight excluding hydrogens is 246 g/mol. The Labute approximate surface area is 120 Å². The van der Waals surface area contributed by atoms with Gasteiger partial charge >= 0.3 is 0 Å². The molecule has 1 aliphatic rings. The first-order chi connectivity index (χ1) is 9.58. The lowest BCUT2D eigenvalue weighted by molar-refractivity contribution is 0.364. The molecule has 0 radical (unpaired) electrons. The first-order valence-corrected chi connectivity index (χ1v) is 7.49. The molecule has 0 saturated carbocycles. The van der Waals surface area contributed by atoms with E-state index in [4.69, 9.17) is 5.73 Å². The monoisotopic (exact) mass is 269 g/mol. The number of aromatic nitrogens is 1. The minimum Gasteiger partial charge on any atom is -0.398 e. The lowest BCUT2D eigenvalue weighted by Gasteiger charge is -2.40. The topological polar surface area (TPSA) is 42.1 Å². The second-order valence-electron chi connectivity index (χ2n) is 6.10. The van der Waals surface area contributed by atoms with Crippen LogP contribution in [0.4, 0.5) is 11.4 Å². The molecule has 3 nitrogen and oxygen atoms in total. The molecule has 1 fully saturated rings. The summed E-state index contributed by atoms with van der Waals surface area (Å²) in [6.45, 7) is 7.85. The Morgan fingerprint density at radius 2 is 2.05 bits per heavy atom. The Bertz CT molecular complexity index is 635. The molecule has 2 heterocycles. The fourth-order valence-corrected chi connectivity index (χ4v) is 3.28. The second-order valence-corrected chi connectivity index (χ2v) is 6.10. The summed E-state index contributed by atoms with van der Waals surface area (Å²) in [5.41, 5.74) is 9.27. The van der Waals surface area contributed by atoms with Crippen LogP contribution in [0.1, 0.15) is 32.4 Å². The minimum absolute atomic E-state index is 0.573. The standard InChI is InChI=1S/C17H23N3/c1-11-5-4-8-20(13(11)3)17-7-6-16(18)15-10-19-12(2)9-14(15)17/h6-7,9-11,13H,4-5,8,18H2,1-3H3. The van der Waals surface area contributed by atoms with Crippen LogP contribution in [0.15, 0.2) is 24.4 Å². The molecule has 0 bridgehead atoms. The van der Waals surface area contributed by atoms with Crippen LogP contribution in [-0.2, 0) is 0 Å². The number of piperidine rings is 1. The fourth-order valence-electron chi connectivity index (χ4n) is 3.28. The lowest BCUT2D eigenvalue weighted by atomic mass is 9.91. The van der Waals surface area contributed by atoms with Gasteiger partial charge in [-0.3, -0.25) is 4.98 Å². The summed E-state index contributed by atoms with van der Waals surface area (Å²) in [6.07, 6.45) is 4.49. The maximum atomic E-state index is 6.11. The number of hydrogen-bond acceptors (Lipinski definition) is 3. The molecule has 2 atom stereocenters. The Hall–Kier alpha value is -1.77. The Morgan fingerprint density at radius 1 is 1.25 bits per heavy atom. The maximum Gasteiger partial charge on any atom is 0.0451 e. The zero-order valence-electron chi connectivity index (χ0n) is 12.6. The molecule has 1 aromatic heterocycles. The number of rotatable bonds is 1. The van der Waals surface area contributed by atoms with Crippen LogP contribution in [0.5, 0.6) is 0 Å². The smallest absolute Gasteiger partial charge is 0.0451 e. The molecule has 0 spiro atoms. The number of nitrogens with two attached hydrogens (primary N) is 1. The zero-order chi connectivity index (χ0) is 14.3. The van der Waals surface area contributed by atoms with Gasteiger partial charge in [0.25, 0.3) is 0 Å². The molecule has 2 aromatic rings. The van der Waals surface area contributed by atoms with Crippen molar-refractivity contribution in [2.24, 2.45) is 5.92 Å². The van der Waals surface area contributed by atoms with Crippen LogP contribution in [0.2, 0.25) is 0 Å². The largest absolute Gasteiger partial charge is 0.398 e. The van der Waals surface area contributed by atoms with Gasteiger partial charge in [0, 0.05) is 46.6 Å². The number of hydrogen-bond donors (Lipinski definition) is 1. The van der Waals surface area contributed by atoms with Crippen LogP contribution in [-0.4, -0.2) is 17.6 Å². The molecular formula is C17H23N3. The molecule has 0 aliphatic carbocycles. The molecule has 1 aromatic carbocycles. The molecule has 2 unspecified atom stereocenters. The van der Waals surface area contributed by atoms with Gasteiger partial charge in [0.15, 0.2) is 0 Å². The molecule has 0 amide bonds. The van der Waals surface area contributed by atoms with Gasteiger partial charge in [0.1, 0.15) is 0 Å². The lowest BCUT2D eigenvalue weighted by Crippen LogP contribution is -2.42. The van der Waals surface area contributed by atoms with Gasteiger partial charge in [-0.1, -0.05) is 6.92 Å². The first-order valence-electron chi connectivity index (χ1n) is 7.49. The van der Waals surface area contributed by atoms with Crippen LogP contribution in [0.25, 0.3) is 10.8 Å². The predicted molar refractivity (Wildman–Crippen MR) is 86.1 cm³/mol. The highest BCUT2D eigenvalue weighted by atomic mass is 15.2. The van der Waals surface area contributed by atoms with Crippen molar-refractivity contribution in [2.75, 3.05) is 17.2 Å². The Kier molecular flexibility index (Phi) is 3.28. The second kappa shape index (κ2) is 4.97. The number of fused-ring (bicyclic) bond motifs is 1. The molecule has 3 rings (SSSR count). The van der Waals surface area contributed by atoms with E-state index < -0.39 is 0 Å². The normalized spacial score (nSPS) is 23.2.